The number of hydrogen-bond acceptors (Lipinski definition) is 13. The molecule has 1 N–H and O–H groups in total. The highest BCUT2D eigenvalue weighted by Gasteiger charge is 2.52. The van der Waals surface area contributed by atoms with E-state index in [4.69, 9.17) is 56.5 Å². The molecule has 0 radical (unpaired) electrons. The molecule has 0 saturated carbocycles. The number of aliphatic hydroxyl groups excluding tert-OH is 1. The van der Waals surface area contributed by atoms with Crippen LogP contribution in [0, 0.1) is 11.8 Å². The van der Waals surface area contributed by atoms with Crippen molar-refractivity contribution < 1.29 is 61.6 Å². The average Bonchev–Trinajstić information content (AvgIpc) is 3.52. The lowest BCUT2D eigenvalue weighted by Crippen LogP contribution is -2.60. The van der Waals surface area contributed by atoms with Crippen molar-refractivity contribution >= 4 is 8.32 Å². The van der Waals surface area contributed by atoms with E-state index >= 15 is 0 Å². The molecule has 2 aliphatic heterocycles. The van der Waals surface area contributed by atoms with E-state index in [2.05, 4.69) is 75.5 Å². The first-order chi connectivity index (χ1) is 39.4. The van der Waals surface area contributed by atoms with Gasteiger partial charge >= 0.3 is 0 Å². The van der Waals surface area contributed by atoms with Crippen molar-refractivity contribution in [3.63, 3.8) is 0 Å². The van der Waals surface area contributed by atoms with Gasteiger partial charge in [0.1, 0.15) is 35.2 Å². The summed E-state index contributed by atoms with van der Waals surface area (Å²) in [6, 6.07) is 31.7. The Balaban J connectivity index is 1.31. The molecule has 13 nitrogen and oxygen atoms in total. The lowest BCUT2D eigenvalue weighted by atomic mass is 9.77. The molecule has 2 unspecified atom stereocenters. The second-order valence-corrected chi connectivity index (χ2v) is 29.4. The van der Waals surface area contributed by atoms with Crippen molar-refractivity contribution in [2.75, 3.05) is 41.7 Å². The SMILES string of the molecule is C=CC[C@H](OCc1ccc(OC)cc1)[C@H](O[C@@H](COCc1ccc(OC)cc1)[C@@H](CC=C)OCc1ccc(OC)cc1)[C@@H](C)CC1O[C@]2(C)C[C@H](C)C[C@H](OCc3ccc(OC)cc3)[C@@H](CO[Si](C(C)C)(C(C)C)C(C)C)O[C@H]2CC1O. The summed E-state index contributed by atoms with van der Waals surface area (Å²) in [5.74, 6) is 3.07. The van der Waals surface area contributed by atoms with E-state index in [1.54, 1.807) is 28.4 Å². The van der Waals surface area contributed by atoms with Crippen molar-refractivity contribution in [1.29, 1.82) is 0 Å². The number of aliphatic hydroxyl groups is 1. The summed E-state index contributed by atoms with van der Waals surface area (Å²) in [4.78, 5) is 0. The first-order valence-corrected chi connectivity index (χ1v) is 32.0. The Morgan fingerprint density at radius 2 is 1.06 bits per heavy atom. The largest absolute Gasteiger partial charge is 0.497 e. The standard InChI is InChI=1S/C68H100O13Si/c1-16-18-60(75-41-52-22-30-56(71-13)31-23-52)64(44-74-40-51-20-28-55(70-12)29-21-51)80-67(61(19-17-2)76-42-53-24-32-57(72-14)33-25-53)50(10)37-62-59(69)38-66-68(11,81-62)39-49(9)36-63(77-43-54-26-34-58(73-15)35-27-54)65(79-66)45-78-82(46(3)4,47(5)6)48(7)8/h16-17,20-35,46-50,59-67,69H,1-2,18-19,36-45H2,3-15H3/t49-,50+,59?,60-,61+,62?,63+,64+,65-,66+,67-,68-/m1/s1. The molecular weight excluding hydrogens is 1050 g/mol. The fraction of sp³-hybridized carbons (Fsp3) is 0.588. The highest BCUT2D eigenvalue weighted by Crippen LogP contribution is 2.45. The lowest BCUT2D eigenvalue weighted by molar-refractivity contribution is -0.272. The molecule has 454 valence electrons. The number of rotatable bonds is 34. The minimum atomic E-state index is -2.31. The van der Waals surface area contributed by atoms with E-state index in [-0.39, 0.29) is 24.5 Å². The van der Waals surface area contributed by atoms with Crippen molar-refractivity contribution in [2.24, 2.45) is 11.8 Å². The van der Waals surface area contributed by atoms with Gasteiger partial charge in [-0.15, -0.1) is 13.2 Å². The minimum absolute atomic E-state index is 0.188. The summed E-state index contributed by atoms with van der Waals surface area (Å²) in [5.41, 5.74) is 4.44. The molecule has 0 aliphatic carbocycles. The normalized spacial score (nSPS) is 23.2. The summed E-state index contributed by atoms with van der Waals surface area (Å²) >= 11 is 0. The Labute approximate surface area is 493 Å². The predicted molar refractivity (Wildman–Crippen MR) is 327 cm³/mol. The fourth-order valence-corrected chi connectivity index (χ4v) is 18.1. The van der Waals surface area contributed by atoms with Gasteiger partial charge in [-0.25, -0.2) is 0 Å². The monoisotopic (exact) mass is 1150 g/mol. The van der Waals surface area contributed by atoms with Gasteiger partial charge in [-0.1, -0.05) is 116 Å². The number of hydrogen-bond donors (Lipinski definition) is 1. The zero-order valence-electron chi connectivity index (χ0n) is 51.7. The van der Waals surface area contributed by atoms with Crippen LogP contribution in [0.25, 0.3) is 0 Å². The molecule has 0 aromatic heterocycles. The third kappa shape index (κ3) is 18.5. The number of benzene rings is 4. The maximum absolute atomic E-state index is 12.5. The van der Waals surface area contributed by atoms with Gasteiger partial charge in [-0.2, -0.15) is 0 Å². The highest BCUT2D eigenvalue weighted by atomic mass is 28.4. The van der Waals surface area contributed by atoms with Gasteiger partial charge in [0, 0.05) is 6.42 Å². The quantitative estimate of drug-likeness (QED) is 0.0352. The van der Waals surface area contributed by atoms with E-state index in [1.165, 1.54) is 0 Å². The molecule has 82 heavy (non-hydrogen) atoms. The van der Waals surface area contributed by atoms with Crippen LogP contribution in [0.3, 0.4) is 0 Å². The third-order valence-electron chi connectivity index (χ3n) is 17.0. The fourth-order valence-electron chi connectivity index (χ4n) is 12.6. The molecule has 6 rings (SSSR count). The van der Waals surface area contributed by atoms with Crippen molar-refractivity contribution in [3.05, 3.63) is 145 Å². The Hall–Kier alpha value is -4.58. The number of methoxy groups -OCH3 is 4. The molecule has 2 aliphatic rings. The van der Waals surface area contributed by atoms with Crippen LogP contribution in [-0.4, -0.2) is 116 Å². The van der Waals surface area contributed by atoms with Crippen molar-refractivity contribution in [1.82, 2.24) is 0 Å². The summed E-state index contributed by atoms with van der Waals surface area (Å²) < 4.78 is 78.6. The molecule has 4 aromatic rings. The van der Waals surface area contributed by atoms with E-state index in [0.29, 0.717) is 81.8 Å². The van der Waals surface area contributed by atoms with Gasteiger partial charge < -0.3 is 61.6 Å². The molecule has 4 aromatic carbocycles. The van der Waals surface area contributed by atoms with E-state index in [9.17, 15) is 5.11 Å². The molecule has 0 amide bonds. The topological polar surface area (TPSA) is 131 Å². The van der Waals surface area contributed by atoms with Gasteiger partial charge in [-0.3, -0.25) is 0 Å². The number of fused-ring (bicyclic) bond motifs is 1. The summed E-state index contributed by atoms with van der Waals surface area (Å²) in [5, 5.41) is 12.5. The second kappa shape index (κ2) is 32.6. The van der Waals surface area contributed by atoms with Crippen LogP contribution in [0.1, 0.15) is 123 Å². The molecule has 0 bridgehead atoms. The van der Waals surface area contributed by atoms with Crippen LogP contribution < -0.4 is 18.9 Å². The Kier molecular flexibility index (Phi) is 26.5. The first-order valence-electron chi connectivity index (χ1n) is 29.9. The minimum Gasteiger partial charge on any atom is -0.497 e. The molecule has 14 heteroatoms. The van der Waals surface area contributed by atoms with E-state index in [1.807, 2.05) is 109 Å². The zero-order valence-corrected chi connectivity index (χ0v) is 52.7. The van der Waals surface area contributed by atoms with Crippen LogP contribution in [0.4, 0.5) is 0 Å². The Morgan fingerprint density at radius 1 is 0.610 bits per heavy atom. The van der Waals surface area contributed by atoms with Gasteiger partial charge in [0.2, 0.25) is 0 Å². The van der Waals surface area contributed by atoms with Crippen LogP contribution >= 0.6 is 0 Å². The van der Waals surface area contributed by atoms with Crippen LogP contribution in [0.2, 0.25) is 16.6 Å². The van der Waals surface area contributed by atoms with Gasteiger partial charge in [0.25, 0.3) is 0 Å². The third-order valence-corrected chi connectivity index (χ3v) is 23.1. The van der Waals surface area contributed by atoms with E-state index in [0.717, 1.165) is 51.7 Å². The van der Waals surface area contributed by atoms with Crippen LogP contribution in [-0.2, 0) is 64.0 Å². The predicted octanol–water partition coefficient (Wildman–Crippen LogP) is 14.2. The summed E-state index contributed by atoms with van der Waals surface area (Å²) in [6.45, 7) is 30.9. The van der Waals surface area contributed by atoms with Gasteiger partial charge in [-0.05, 0) is 138 Å². The molecule has 12 atom stereocenters. The molecule has 2 heterocycles. The Morgan fingerprint density at radius 3 is 1.52 bits per heavy atom. The maximum Gasteiger partial charge on any atom is 0.200 e. The Bertz CT molecular complexity index is 2430. The van der Waals surface area contributed by atoms with Crippen LogP contribution in [0.15, 0.2) is 122 Å². The lowest BCUT2D eigenvalue weighted by Gasteiger charge is -2.52. The number of ether oxygens (including phenoxy) is 11. The summed E-state index contributed by atoms with van der Waals surface area (Å²) in [6.07, 6.45) is 2.46. The van der Waals surface area contributed by atoms with Crippen molar-refractivity contribution in [2.45, 2.75) is 204 Å². The average molecular weight is 1150 g/mol. The highest BCUT2D eigenvalue weighted by molar-refractivity contribution is 6.77. The first kappa shape index (κ1) is 66.6. The van der Waals surface area contributed by atoms with Gasteiger partial charge in [0.15, 0.2) is 8.32 Å². The summed E-state index contributed by atoms with van der Waals surface area (Å²) in [7, 11) is 4.34. The smallest absolute Gasteiger partial charge is 0.200 e. The van der Waals surface area contributed by atoms with E-state index < -0.39 is 62.8 Å². The zero-order chi connectivity index (χ0) is 59.4. The molecule has 0 spiro atoms. The second-order valence-electron chi connectivity index (χ2n) is 24.0. The van der Waals surface area contributed by atoms with Crippen molar-refractivity contribution in [3.8, 4) is 23.0 Å². The molecule has 2 saturated heterocycles. The molecule has 2 fully saturated rings. The van der Waals surface area contributed by atoms with Gasteiger partial charge in [0.05, 0.1) is 116 Å². The molecular formula is C68H100O13Si. The van der Waals surface area contributed by atoms with Crippen LogP contribution in [0.5, 0.6) is 23.0 Å². The maximum atomic E-state index is 12.5.